The Balaban J connectivity index is 0.957. The number of para-hydroxylation sites is 2. The number of hydrogen-bond acceptors (Lipinski definition) is 9. The maximum absolute atomic E-state index is 13.0. The molecule has 6 rings (SSSR count). The molecule has 1 aliphatic carbocycles. The molecule has 3 aliphatic heterocycles. The van der Waals surface area contributed by atoms with Crippen molar-refractivity contribution in [1.29, 1.82) is 0 Å². The lowest BCUT2D eigenvalue weighted by Crippen LogP contribution is -2.47. The zero-order valence-electron chi connectivity index (χ0n) is 46.8. The van der Waals surface area contributed by atoms with Gasteiger partial charge in [-0.15, -0.1) is 0 Å². The molecule has 1 fully saturated rings. The number of rotatable bonds is 25. The number of unbranched alkanes of at least 4 members (excludes halogenated alkanes) is 6. The van der Waals surface area contributed by atoms with Gasteiger partial charge in [0.2, 0.25) is 17.5 Å². The molecule has 2 aromatic carbocycles. The zero-order valence-corrected chi connectivity index (χ0v) is 47.6. The van der Waals surface area contributed by atoms with Gasteiger partial charge in [0.15, 0.2) is 5.71 Å². The highest BCUT2D eigenvalue weighted by Crippen LogP contribution is 2.48. The summed E-state index contributed by atoms with van der Waals surface area (Å²) >= 11 is 7.32. The van der Waals surface area contributed by atoms with Gasteiger partial charge < -0.3 is 35.5 Å². The molecule has 0 radical (unpaired) electrons. The summed E-state index contributed by atoms with van der Waals surface area (Å²) in [5, 5.41) is 25.6. The second kappa shape index (κ2) is 29.6. The van der Waals surface area contributed by atoms with Crippen molar-refractivity contribution in [3.8, 4) is 0 Å². The Bertz CT molecular complexity index is 2460. The van der Waals surface area contributed by atoms with Crippen LogP contribution in [0.4, 0.5) is 11.4 Å². The van der Waals surface area contributed by atoms with Crippen LogP contribution in [0.15, 0.2) is 94.7 Å². The lowest BCUT2D eigenvalue weighted by Gasteiger charge is -2.31. The Labute approximate surface area is 459 Å². The van der Waals surface area contributed by atoms with E-state index in [0.29, 0.717) is 45.6 Å². The average Bonchev–Trinajstić information content (AvgIpc) is 3.79. The number of hydrogen-bond donors (Lipinski definition) is 4. The zero-order chi connectivity index (χ0) is 54.7. The molecular formula is C61H90ClN8O6+. The minimum absolute atomic E-state index is 0.00277. The molecule has 0 bridgehead atoms. The Kier molecular flexibility index (Phi) is 23.4. The Morgan fingerprint density at radius 1 is 0.632 bits per heavy atom. The van der Waals surface area contributed by atoms with Crippen molar-refractivity contribution in [3.05, 3.63) is 106 Å². The van der Waals surface area contributed by atoms with Crippen LogP contribution < -0.4 is 15.5 Å². The van der Waals surface area contributed by atoms with Gasteiger partial charge in [-0.2, -0.15) is 4.58 Å². The molecule has 2 aromatic rings. The van der Waals surface area contributed by atoms with E-state index in [1.807, 2.05) is 4.90 Å². The number of fused-ring (bicyclic) bond motifs is 2. The summed E-state index contributed by atoms with van der Waals surface area (Å²) in [5.74, 6) is -1.50. The molecule has 0 atom stereocenters. The summed E-state index contributed by atoms with van der Waals surface area (Å²) in [4.78, 5) is 59.5. The quantitative estimate of drug-likeness (QED) is 0.0557. The van der Waals surface area contributed by atoms with Gasteiger partial charge in [-0.25, -0.2) is 0 Å². The molecule has 0 aromatic heterocycles. The lowest BCUT2D eigenvalue weighted by molar-refractivity contribution is -0.438. The van der Waals surface area contributed by atoms with E-state index in [4.69, 9.17) is 16.7 Å². The van der Waals surface area contributed by atoms with Crippen molar-refractivity contribution in [2.45, 2.75) is 128 Å². The first kappa shape index (κ1) is 60.1. The first-order chi connectivity index (χ1) is 36.4. The van der Waals surface area contributed by atoms with Gasteiger partial charge in [0.05, 0.1) is 18.5 Å². The number of carbonyl (C=O) groups excluding carboxylic acids is 2. The molecule has 15 heteroatoms. The van der Waals surface area contributed by atoms with Crippen LogP contribution >= 0.6 is 11.6 Å². The highest BCUT2D eigenvalue weighted by molar-refractivity contribution is 6.32. The Morgan fingerprint density at radius 3 is 1.92 bits per heavy atom. The number of amides is 2. The van der Waals surface area contributed by atoms with Crippen LogP contribution in [0.2, 0.25) is 0 Å². The van der Waals surface area contributed by atoms with Crippen LogP contribution in [0.5, 0.6) is 0 Å². The summed E-state index contributed by atoms with van der Waals surface area (Å²) < 4.78 is 2.47. The molecule has 4 aliphatic rings. The fourth-order valence-electron chi connectivity index (χ4n) is 11.2. The molecule has 0 saturated carbocycles. The van der Waals surface area contributed by atoms with Gasteiger partial charge in [-0.05, 0) is 121 Å². The number of nitrogens with one attached hydrogen (secondary N) is 2. The monoisotopic (exact) mass is 1070 g/mol. The summed E-state index contributed by atoms with van der Waals surface area (Å²) in [5.41, 5.74) is 9.49. The molecule has 2 amide bonds. The van der Waals surface area contributed by atoms with Crippen molar-refractivity contribution in [3.63, 3.8) is 0 Å². The largest absolute Gasteiger partial charge is 0.481 e. The van der Waals surface area contributed by atoms with Crippen molar-refractivity contribution in [2.24, 2.45) is 0 Å². The van der Waals surface area contributed by atoms with Crippen molar-refractivity contribution < 1.29 is 34.0 Å². The molecule has 416 valence electrons. The molecular weight excluding hydrogens is 976 g/mol. The first-order valence-electron chi connectivity index (χ1n) is 28.3. The lowest BCUT2D eigenvalue weighted by atomic mass is 9.81. The summed E-state index contributed by atoms with van der Waals surface area (Å²) in [6, 6.07) is 17.3. The number of halogens is 1. The maximum atomic E-state index is 13.0. The van der Waals surface area contributed by atoms with E-state index in [9.17, 15) is 24.3 Å². The molecule has 0 spiro atoms. The fraction of sp³-hybridized carbons (Fsp3) is 0.590. The number of carboxylic acids is 2. The van der Waals surface area contributed by atoms with Gasteiger partial charge in [-0.3, -0.25) is 29.0 Å². The van der Waals surface area contributed by atoms with Crippen LogP contribution in [0.1, 0.15) is 129 Å². The van der Waals surface area contributed by atoms with E-state index < -0.39 is 11.9 Å². The number of carboxylic acid groups (broad SMARTS) is 2. The number of allylic oxidation sites excluding steroid dienone is 8. The smallest absolute Gasteiger partial charge is 0.317 e. The SMILES string of the molecule is CN1CCN(C)CCN(CC(=O)NCCCCCNC(=O)CCCCC[N+]2=C(C=CC3=C(Cl)C(=CC=C4N(CCCCCC(=O)O)c5ccccc5C4(C)C)CCC3)C(C)(C)c3ccccc32)CCN(CC(=O)O)CC1. The van der Waals surface area contributed by atoms with Crippen LogP contribution in [0.25, 0.3) is 0 Å². The Hall–Kier alpha value is -5.12. The Morgan fingerprint density at radius 2 is 1.22 bits per heavy atom. The third-order valence-electron chi connectivity index (χ3n) is 15.9. The number of anilines is 1. The number of aliphatic carboxylic acids is 2. The topological polar surface area (TPSA) is 152 Å². The predicted octanol–water partition coefficient (Wildman–Crippen LogP) is 9.08. The number of nitrogens with zero attached hydrogens (tertiary/aromatic N) is 6. The molecule has 1 saturated heterocycles. The van der Waals surface area contributed by atoms with Gasteiger partial charge >= 0.3 is 11.9 Å². The third-order valence-corrected chi connectivity index (χ3v) is 16.4. The van der Waals surface area contributed by atoms with E-state index in [0.717, 1.165) is 133 Å². The number of likely N-dealkylation sites (N-methyl/N-ethyl adjacent to an activating group) is 2. The fourth-order valence-corrected chi connectivity index (χ4v) is 11.5. The van der Waals surface area contributed by atoms with Gasteiger partial charge in [-0.1, -0.05) is 80.4 Å². The number of carbonyl (C=O) groups is 4. The third kappa shape index (κ3) is 17.4. The maximum Gasteiger partial charge on any atom is 0.317 e. The molecule has 3 heterocycles. The van der Waals surface area contributed by atoms with Gasteiger partial charge in [0.25, 0.3) is 0 Å². The van der Waals surface area contributed by atoms with Crippen LogP contribution in [-0.2, 0) is 30.0 Å². The second-order valence-electron chi connectivity index (χ2n) is 22.6. The summed E-state index contributed by atoms with van der Waals surface area (Å²) in [7, 11) is 4.17. The molecule has 0 unspecified atom stereocenters. The van der Waals surface area contributed by atoms with Crippen LogP contribution in [-0.4, -0.2) is 170 Å². The van der Waals surface area contributed by atoms with Crippen molar-refractivity contribution >= 4 is 52.4 Å². The van der Waals surface area contributed by atoms with E-state index in [-0.39, 0.29) is 42.2 Å². The average molecular weight is 1070 g/mol. The molecule has 4 N–H and O–H groups in total. The van der Waals surface area contributed by atoms with Crippen molar-refractivity contribution in [1.82, 2.24) is 30.2 Å². The predicted molar refractivity (Wildman–Crippen MR) is 308 cm³/mol. The van der Waals surface area contributed by atoms with Crippen LogP contribution in [0.3, 0.4) is 0 Å². The second-order valence-corrected chi connectivity index (χ2v) is 22.9. The van der Waals surface area contributed by atoms with Crippen LogP contribution in [0, 0.1) is 0 Å². The first-order valence-corrected chi connectivity index (χ1v) is 28.7. The number of benzene rings is 2. The standard InChI is InChI=1S/C61H89ClN8O6/c1-60(2)49-23-12-14-25-51(49)69(53(60)31-29-47-21-20-22-48(59(47)62)30-32-54-61(3,4)50-24-13-15-26-52(50)70(54)36-19-8-11-28-57(73)74)35-18-7-10-27-55(71)63-33-16-9-17-34-64-56(72)45-67-41-39-65(5)37-38-66(6)40-42-68(44-43-67)46-58(75)76/h12-15,23-26,29-32H,7-11,16-22,27-28,33-46H2,1-6H3,(H3-,63,64,71,72,73,74,75,76)/p+1. The van der Waals surface area contributed by atoms with E-state index in [2.05, 4.69) is 149 Å². The minimum atomic E-state index is -0.833. The summed E-state index contributed by atoms with van der Waals surface area (Å²) in [6.45, 7) is 18.5. The minimum Gasteiger partial charge on any atom is -0.481 e. The van der Waals surface area contributed by atoms with E-state index in [1.165, 1.54) is 33.9 Å². The van der Waals surface area contributed by atoms with Gasteiger partial charge in [0.1, 0.15) is 6.54 Å². The normalized spacial score (nSPS) is 20.0. The molecule has 14 nitrogen and oxygen atoms in total. The molecule has 76 heavy (non-hydrogen) atoms. The van der Waals surface area contributed by atoms with Crippen molar-refractivity contribution in [2.75, 3.05) is 111 Å². The van der Waals surface area contributed by atoms with E-state index >= 15 is 0 Å². The van der Waals surface area contributed by atoms with Gasteiger partial charge in [0, 0.05) is 131 Å². The highest BCUT2D eigenvalue weighted by atomic mass is 35.5. The van der Waals surface area contributed by atoms with E-state index in [1.54, 1.807) is 0 Å². The highest BCUT2D eigenvalue weighted by Gasteiger charge is 2.44. The summed E-state index contributed by atoms with van der Waals surface area (Å²) in [6.07, 6.45) is 20.4.